The molecule has 0 saturated heterocycles. The van der Waals surface area contributed by atoms with E-state index in [1.165, 1.54) is 57.9 Å². The fraction of sp³-hybridized carbons (Fsp3) is 0. The predicted octanol–water partition coefficient (Wildman–Crippen LogP) is 14.3. The Labute approximate surface area is 304 Å². The highest BCUT2D eigenvalue weighted by Gasteiger charge is 2.17. The molecular formula is C47H30N2S2. The Bertz CT molecular complexity index is 2870. The fourth-order valence-corrected chi connectivity index (χ4v) is 9.26. The van der Waals surface area contributed by atoms with Gasteiger partial charge in [0.15, 0.2) is 0 Å². The lowest BCUT2D eigenvalue weighted by Gasteiger charge is -2.26. The number of hydrogen-bond donors (Lipinski definition) is 0. The molecule has 0 fully saturated rings. The lowest BCUT2D eigenvalue weighted by Crippen LogP contribution is -2.09. The van der Waals surface area contributed by atoms with Crippen molar-refractivity contribution in [2.45, 2.75) is 0 Å². The van der Waals surface area contributed by atoms with Crippen LogP contribution < -0.4 is 4.90 Å². The number of anilines is 3. The monoisotopic (exact) mass is 686 g/mol. The van der Waals surface area contributed by atoms with E-state index in [9.17, 15) is 0 Å². The summed E-state index contributed by atoms with van der Waals surface area (Å²) in [6.45, 7) is 0. The normalized spacial score (nSPS) is 11.5. The number of fused-ring (bicyclic) bond motifs is 5. The van der Waals surface area contributed by atoms with Gasteiger partial charge in [0.2, 0.25) is 0 Å². The molecule has 2 nitrogen and oxygen atoms in total. The second kappa shape index (κ2) is 12.4. The summed E-state index contributed by atoms with van der Waals surface area (Å²) in [5.74, 6) is 0. The van der Waals surface area contributed by atoms with Crippen LogP contribution in [-0.4, -0.2) is 4.98 Å². The first-order valence-corrected chi connectivity index (χ1v) is 18.7. The van der Waals surface area contributed by atoms with Crippen LogP contribution in [0, 0.1) is 0 Å². The molecule has 2 heterocycles. The maximum Gasteiger partial charge on any atom is 0.124 e. The van der Waals surface area contributed by atoms with E-state index in [1.807, 2.05) is 17.4 Å². The summed E-state index contributed by atoms with van der Waals surface area (Å²) in [5.41, 5.74) is 10.3. The van der Waals surface area contributed by atoms with Gasteiger partial charge in [0.1, 0.15) is 5.01 Å². The topological polar surface area (TPSA) is 16.1 Å². The first kappa shape index (κ1) is 29.8. The standard InChI is InChI=1S/C47H30N2S2/c1-2-10-33(11-3-1)47-48-43-26-21-37(29-46(43)51-47)35-13-8-14-39(28-35)49(40-24-25-42-41-15-6-7-16-44(41)50-45(42)30-40)38-22-19-32(20-23-38)36-18-17-31-9-4-5-12-34(31)27-36/h1-30H. The molecule has 0 aliphatic heterocycles. The number of thiophene rings is 1. The van der Waals surface area contributed by atoms with E-state index in [1.54, 1.807) is 11.3 Å². The lowest BCUT2D eigenvalue weighted by molar-refractivity contribution is 1.29. The molecule has 0 spiro atoms. The molecule has 240 valence electrons. The summed E-state index contributed by atoms with van der Waals surface area (Å²) in [6.07, 6.45) is 0. The van der Waals surface area contributed by atoms with Gasteiger partial charge in [-0.05, 0) is 93.7 Å². The zero-order chi connectivity index (χ0) is 33.7. The zero-order valence-electron chi connectivity index (χ0n) is 27.5. The van der Waals surface area contributed by atoms with Gasteiger partial charge >= 0.3 is 0 Å². The Hall–Kier alpha value is -6.07. The van der Waals surface area contributed by atoms with Crippen molar-refractivity contribution in [1.29, 1.82) is 0 Å². The molecule has 0 bridgehead atoms. The van der Waals surface area contributed by atoms with Crippen molar-refractivity contribution in [1.82, 2.24) is 4.98 Å². The largest absolute Gasteiger partial charge is 0.310 e. The first-order chi connectivity index (χ1) is 25.2. The molecule has 4 heteroatoms. The number of thiazole rings is 1. The highest BCUT2D eigenvalue weighted by Crippen LogP contribution is 2.42. The van der Waals surface area contributed by atoms with Gasteiger partial charge in [-0.1, -0.05) is 121 Å². The van der Waals surface area contributed by atoms with Gasteiger partial charge in [-0.3, -0.25) is 0 Å². The van der Waals surface area contributed by atoms with E-state index in [4.69, 9.17) is 4.98 Å². The molecule has 0 radical (unpaired) electrons. The first-order valence-electron chi connectivity index (χ1n) is 17.1. The average Bonchev–Trinajstić information content (AvgIpc) is 3.80. The maximum atomic E-state index is 4.94. The van der Waals surface area contributed by atoms with Crippen molar-refractivity contribution in [3.8, 4) is 32.8 Å². The van der Waals surface area contributed by atoms with Crippen molar-refractivity contribution in [3.05, 3.63) is 182 Å². The second-order valence-electron chi connectivity index (χ2n) is 12.8. The maximum absolute atomic E-state index is 4.94. The summed E-state index contributed by atoms with van der Waals surface area (Å²) in [5, 5.41) is 6.17. The number of aromatic nitrogens is 1. The van der Waals surface area contributed by atoms with Crippen LogP contribution in [0.25, 0.3) is 74.0 Å². The summed E-state index contributed by atoms with van der Waals surface area (Å²) < 4.78 is 3.78. The quantitative estimate of drug-likeness (QED) is 0.173. The Balaban J connectivity index is 1.07. The minimum atomic E-state index is 1.03. The number of nitrogens with zero attached hydrogens (tertiary/aromatic N) is 2. The molecule has 51 heavy (non-hydrogen) atoms. The van der Waals surface area contributed by atoms with E-state index in [0.717, 1.165) is 33.1 Å². The van der Waals surface area contributed by atoms with Gasteiger partial charge in [-0.15, -0.1) is 22.7 Å². The smallest absolute Gasteiger partial charge is 0.124 e. The third-order valence-corrected chi connectivity index (χ3v) is 11.9. The predicted molar refractivity (Wildman–Crippen MR) is 221 cm³/mol. The number of rotatable bonds is 6. The molecule has 0 N–H and O–H groups in total. The summed E-state index contributed by atoms with van der Waals surface area (Å²) in [4.78, 5) is 7.32. The summed E-state index contributed by atoms with van der Waals surface area (Å²) in [7, 11) is 0. The van der Waals surface area contributed by atoms with Crippen LogP contribution in [-0.2, 0) is 0 Å². The molecular weight excluding hydrogens is 657 g/mol. The van der Waals surface area contributed by atoms with E-state index in [-0.39, 0.29) is 0 Å². The van der Waals surface area contributed by atoms with Crippen LogP contribution in [0.1, 0.15) is 0 Å². The molecule has 10 rings (SSSR count). The van der Waals surface area contributed by atoms with Crippen LogP contribution in [0.2, 0.25) is 0 Å². The molecule has 0 amide bonds. The van der Waals surface area contributed by atoms with E-state index >= 15 is 0 Å². The van der Waals surface area contributed by atoms with E-state index < -0.39 is 0 Å². The van der Waals surface area contributed by atoms with Crippen molar-refractivity contribution in [3.63, 3.8) is 0 Å². The van der Waals surface area contributed by atoms with Crippen LogP contribution in [0.4, 0.5) is 17.1 Å². The van der Waals surface area contributed by atoms with Crippen molar-refractivity contribution in [2.75, 3.05) is 4.90 Å². The molecule has 0 aliphatic carbocycles. The molecule has 2 aromatic heterocycles. The van der Waals surface area contributed by atoms with Gasteiger partial charge in [0.05, 0.1) is 10.2 Å². The highest BCUT2D eigenvalue weighted by atomic mass is 32.1. The molecule has 0 unspecified atom stereocenters. The molecule has 0 saturated carbocycles. The van der Waals surface area contributed by atoms with Crippen molar-refractivity contribution in [2.24, 2.45) is 0 Å². The third-order valence-electron chi connectivity index (χ3n) is 9.68. The molecule has 8 aromatic carbocycles. The minimum Gasteiger partial charge on any atom is -0.310 e. The Morgan fingerprint density at radius 3 is 1.92 bits per heavy atom. The molecule has 10 aromatic rings. The Morgan fingerprint density at radius 2 is 1.02 bits per heavy atom. The third kappa shape index (κ3) is 5.46. The molecule has 0 atom stereocenters. The van der Waals surface area contributed by atoms with E-state index in [2.05, 4.69) is 181 Å². The van der Waals surface area contributed by atoms with Crippen molar-refractivity contribution >= 4 is 80.9 Å². The van der Waals surface area contributed by atoms with Gasteiger partial charge in [0.25, 0.3) is 0 Å². The van der Waals surface area contributed by atoms with Crippen LogP contribution in [0.3, 0.4) is 0 Å². The van der Waals surface area contributed by atoms with Gasteiger partial charge in [0, 0.05) is 42.8 Å². The van der Waals surface area contributed by atoms with Crippen LogP contribution in [0.15, 0.2) is 182 Å². The van der Waals surface area contributed by atoms with Gasteiger partial charge in [-0.2, -0.15) is 0 Å². The second-order valence-corrected chi connectivity index (χ2v) is 15.0. The summed E-state index contributed by atoms with van der Waals surface area (Å²) in [6, 6.07) is 65.8. The SMILES string of the molecule is c1ccc(-c2nc3ccc(-c4cccc(N(c5ccc(-c6ccc7ccccc7c6)cc5)c5ccc6c(c5)sc5ccccc56)c4)cc3s2)cc1. The average molecular weight is 687 g/mol. The highest BCUT2D eigenvalue weighted by molar-refractivity contribution is 7.25. The zero-order valence-corrected chi connectivity index (χ0v) is 29.2. The van der Waals surface area contributed by atoms with Gasteiger partial charge in [-0.25, -0.2) is 4.98 Å². The summed E-state index contributed by atoms with van der Waals surface area (Å²) >= 11 is 3.60. The van der Waals surface area contributed by atoms with Gasteiger partial charge < -0.3 is 4.90 Å². The lowest BCUT2D eigenvalue weighted by atomic mass is 10.0. The van der Waals surface area contributed by atoms with Crippen LogP contribution in [0.5, 0.6) is 0 Å². The molecule has 0 aliphatic rings. The minimum absolute atomic E-state index is 1.03. The Kier molecular flexibility index (Phi) is 7.23. The number of benzene rings is 8. The van der Waals surface area contributed by atoms with Crippen molar-refractivity contribution < 1.29 is 0 Å². The fourth-order valence-electron chi connectivity index (χ4n) is 7.11. The van der Waals surface area contributed by atoms with E-state index in [0.29, 0.717) is 0 Å². The van der Waals surface area contributed by atoms with Crippen LogP contribution >= 0.6 is 22.7 Å². The number of hydrogen-bond acceptors (Lipinski definition) is 4. The Morgan fingerprint density at radius 1 is 0.353 bits per heavy atom.